The van der Waals surface area contributed by atoms with Crippen molar-refractivity contribution in [2.45, 2.75) is 0 Å². The summed E-state index contributed by atoms with van der Waals surface area (Å²) in [6.07, 6.45) is 1.45. The summed E-state index contributed by atoms with van der Waals surface area (Å²) in [4.78, 5) is 5.40. The highest BCUT2D eigenvalue weighted by molar-refractivity contribution is 5.63. The number of nitrogens with zero attached hydrogens (tertiary/aromatic N) is 2. The van der Waals surface area contributed by atoms with Gasteiger partial charge in [-0.1, -0.05) is 6.07 Å². The number of methoxy groups -OCH3 is 1. The maximum Gasteiger partial charge on any atom is 0.214 e. The van der Waals surface area contributed by atoms with E-state index >= 15 is 0 Å². The van der Waals surface area contributed by atoms with Crippen molar-refractivity contribution in [2.24, 2.45) is 0 Å². The second-order valence-electron chi connectivity index (χ2n) is 3.60. The van der Waals surface area contributed by atoms with Crippen molar-refractivity contribution >= 4 is 11.4 Å². The van der Waals surface area contributed by atoms with E-state index in [0.717, 1.165) is 17.1 Å². The number of pyridine rings is 1. The topological polar surface area (TPSA) is 25.4 Å². The minimum atomic E-state index is -0.489. The standard InChI is InChI=1S/C13H13FN2O/c1-16(11-6-7-15-13(14)9-11)10-4-3-5-12(8-10)17-2/h3-9H,1-2H3. The summed E-state index contributed by atoms with van der Waals surface area (Å²) in [7, 11) is 3.48. The van der Waals surface area contributed by atoms with Crippen LogP contribution in [0.2, 0.25) is 0 Å². The van der Waals surface area contributed by atoms with Crippen LogP contribution < -0.4 is 9.64 Å². The molecule has 1 aromatic heterocycles. The molecule has 1 aromatic carbocycles. The van der Waals surface area contributed by atoms with E-state index in [1.165, 1.54) is 12.3 Å². The molecule has 0 bridgehead atoms. The van der Waals surface area contributed by atoms with E-state index in [2.05, 4.69) is 4.98 Å². The Morgan fingerprint density at radius 1 is 1.18 bits per heavy atom. The summed E-state index contributed by atoms with van der Waals surface area (Å²) in [5.74, 6) is 0.279. The first-order valence-corrected chi connectivity index (χ1v) is 5.20. The monoisotopic (exact) mass is 232 g/mol. The molecule has 0 unspecified atom stereocenters. The van der Waals surface area contributed by atoms with Gasteiger partial charge in [0, 0.05) is 36.8 Å². The van der Waals surface area contributed by atoms with E-state index in [4.69, 9.17) is 4.74 Å². The molecule has 0 saturated heterocycles. The van der Waals surface area contributed by atoms with Crippen LogP contribution in [0.1, 0.15) is 0 Å². The molecule has 4 heteroatoms. The van der Waals surface area contributed by atoms with Gasteiger partial charge >= 0.3 is 0 Å². The first kappa shape index (κ1) is 11.4. The average molecular weight is 232 g/mol. The quantitative estimate of drug-likeness (QED) is 0.761. The van der Waals surface area contributed by atoms with Crippen LogP contribution in [0.15, 0.2) is 42.6 Å². The fourth-order valence-corrected chi connectivity index (χ4v) is 1.57. The molecule has 0 atom stereocenters. The smallest absolute Gasteiger partial charge is 0.214 e. The lowest BCUT2D eigenvalue weighted by Crippen LogP contribution is -2.09. The third-order valence-corrected chi connectivity index (χ3v) is 2.54. The number of aromatic nitrogens is 1. The zero-order valence-corrected chi connectivity index (χ0v) is 9.72. The van der Waals surface area contributed by atoms with Gasteiger partial charge in [0.25, 0.3) is 0 Å². The number of anilines is 2. The molecule has 88 valence electrons. The Labute approximate surface area is 99.5 Å². The van der Waals surface area contributed by atoms with Crippen LogP contribution in [0.3, 0.4) is 0 Å². The maximum atomic E-state index is 13.0. The van der Waals surface area contributed by atoms with Gasteiger partial charge in [-0.2, -0.15) is 4.39 Å². The Balaban J connectivity index is 2.33. The van der Waals surface area contributed by atoms with Crippen LogP contribution in [0.5, 0.6) is 5.75 Å². The lowest BCUT2D eigenvalue weighted by atomic mass is 10.2. The molecule has 2 rings (SSSR count). The van der Waals surface area contributed by atoms with Gasteiger partial charge in [-0.25, -0.2) is 4.98 Å². The van der Waals surface area contributed by atoms with E-state index in [-0.39, 0.29) is 0 Å². The Kier molecular flexibility index (Phi) is 3.23. The van der Waals surface area contributed by atoms with Crippen molar-refractivity contribution in [1.82, 2.24) is 4.98 Å². The van der Waals surface area contributed by atoms with Gasteiger partial charge in [0.1, 0.15) is 5.75 Å². The SMILES string of the molecule is COc1cccc(N(C)c2ccnc(F)c2)c1. The summed E-state index contributed by atoms with van der Waals surface area (Å²) in [6, 6.07) is 10.7. The van der Waals surface area contributed by atoms with Crippen molar-refractivity contribution in [1.29, 1.82) is 0 Å². The van der Waals surface area contributed by atoms with Gasteiger partial charge < -0.3 is 9.64 Å². The average Bonchev–Trinajstić information content (AvgIpc) is 2.38. The molecule has 0 aliphatic heterocycles. The lowest BCUT2D eigenvalue weighted by Gasteiger charge is -2.19. The maximum absolute atomic E-state index is 13.0. The predicted molar refractivity (Wildman–Crippen MR) is 65.3 cm³/mol. The molecule has 0 aliphatic rings. The Bertz CT molecular complexity index is 516. The summed E-state index contributed by atoms with van der Waals surface area (Å²) in [5, 5.41) is 0. The van der Waals surface area contributed by atoms with Crippen molar-refractivity contribution in [3.05, 3.63) is 48.5 Å². The van der Waals surface area contributed by atoms with Gasteiger partial charge in [-0.15, -0.1) is 0 Å². The van der Waals surface area contributed by atoms with Crippen molar-refractivity contribution in [3.63, 3.8) is 0 Å². The molecular formula is C13H13FN2O. The van der Waals surface area contributed by atoms with Crippen LogP contribution in [0, 0.1) is 5.95 Å². The number of rotatable bonds is 3. The van der Waals surface area contributed by atoms with E-state index < -0.39 is 5.95 Å². The number of ether oxygens (including phenoxy) is 1. The largest absolute Gasteiger partial charge is 0.497 e. The van der Waals surface area contributed by atoms with Crippen LogP contribution in [-0.4, -0.2) is 19.1 Å². The molecular weight excluding hydrogens is 219 g/mol. The van der Waals surface area contributed by atoms with Gasteiger partial charge in [-0.05, 0) is 18.2 Å². The molecule has 2 aromatic rings. The first-order chi connectivity index (χ1) is 8.20. The number of benzene rings is 1. The highest BCUT2D eigenvalue weighted by atomic mass is 19.1. The van der Waals surface area contributed by atoms with Crippen molar-refractivity contribution < 1.29 is 9.13 Å². The van der Waals surface area contributed by atoms with Gasteiger partial charge in [0.2, 0.25) is 5.95 Å². The van der Waals surface area contributed by atoms with Crippen LogP contribution in [-0.2, 0) is 0 Å². The first-order valence-electron chi connectivity index (χ1n) is 5.20. The molecule has 0 N–H and O–H groups in total. The normalized spacial score (nSPS) is 10.1. The zero-order chi connectivity index (χ0) is 12.3. The molecule has 0 saturated carbocycles. The van der Waals surface area contributed by atoms with E-state index in [0.29, 0.717) is 0 Å². The molecule has 1 heterocycles. The second kappa shape index (κ2) is 4.82. The predicted octanol–water partition coefficient (Wildman–Crippen LogP) is 3.00. The lowest BCUT2D eigenvalue weighted by molar-refractivity contribution is 0.415. The molecule has 3 nitrogen and oxygen atoms in total. The summed E-state index contributed by atoms with van der Waals surface area (Å²) in [5.41, 5.74) is 1.67. The zero-order valence-electron chi connectivity index (χ0n) is 9.72. The second-order valence-corrected chi connectivity index (χ2v) is 3.60. The molecule has 0 spiro atoms. The number of hydrogen-bond acceptors (Lipinski definition) is 3. The Morgan fingerprint density at radius 2 is 1.94 bits per heavy atom. The molecule has 0 fully saturated rings. The number of hydrogen-bond donors (Lipinski definition) is 0. The van der Waals surface area contributed by atoms with E-state index in [9.17, 15) is 4.39 Å². The van der Waals surface area contributed by atoms with Gasteiger partial charge in [0.15, 0.2) is 0 Å². The molecule has 17 heavy (non-hydrogen) atoms. The van der Waals surface area contributed by atoms with E-state index in [1.54, 1.807) is 13.2 Å². The molecule has 0 amide bonds. The van der Waals surface area contributed by atoms with Crippen LogP contribution in [0.4, 0.5) is 15.8 Å². The highest BCUT2D eigenvalue weighted by Gasteiger charge is 2.06. The van der Waals surface area contributed by atoms with Crippen molar-refractivity contribution in [3.8, 4) is 5.75 Å². The molecule has 0 aliphatic carbocycles. The van der Waals surface area contributed by atoms with Gasteiger partial charge in [-0.3, -0.25) is 0 Å². The minimum absolute atomic E-state index is 0.489. The Morgan fingerprint density at radius 3 is 2.65 bits per heavy atom. The fraction of sp³-hybridized carbons (Fsp3) is 0.154. The third-order valence-electron chi connectivity index (χ3n) is 2.54. The highest BCUT2D eigenvalue weighted by Crippen LogP contribution is 2.26. The summed E-state index contributed by atoms with van der Waals surface area (Å²) in [6.45, 7) is 0. The summed E-state index contributed by atoms with van der Waals surface area (Å²) >= 11 is 0. The Hall–Kier alpha value is -2.10. The van der Waals surface area contributed by atoms with Crippen LogP contribution in [0.25, 0.3) is 0 Å². The third kappa shape index (κ3) is 2.53. The number of halogens is 1. The van der Waals surface area contributed by atoms with Crippen LogP contribution >= 0.6 is 0 Å². The van der Waals surface area contributed by atoms with Gasteiger partial charge in [0.05, 0.1) is 7.11 Å². The van der Waals surface area contributed by atoms with E-state index in [1.807, 2.05) is 36.2 Å². The van der Waals surface area contributed by atoms with Crippen molar-refractivity contribution in [2.75, 3.05) is 19.1 Å². The fourth-order valence-electron chi connectivity index (χ4n) is 1.57. The summed E-state index contributed by atoms with van der Waals surface area (Å²) < 4.78 is 18.2. The minimum Gasteiger partial charge on any atom is -0.497 e. The molecule has 0 radical (unpaired) electrons.